The molecular formula is C6H8F3NO2S. The highest BCUT2D eigenvalue weighted by molar-refractivity contribution is 7.85. The number of rotatable bonds is 0. The number of amides is 1. The van der Waals surface area contributed by atoms with Gasteiger partial charge in [0.1, 0.15) is 0 Å². The van der Waals surface area contributed by atoms with Crippen LogP contribution in [0.15, 0.2) is 0 Å². The maximum Gasteiger partial charge on any atom is 0.471 e. The molecule has 1 aliphatic heterocycles. The number of carbonyl (C=O) groups is 1. The molecule has 0 saturated carbocycles. The van der Waals surface area contributed by atoms with E-state index in [1.807, 2.05) is 0 Å². The molecule has 0 aromatic rings. The topological polar surface area (TPSA) is 37.4 Å². The molecule has 1 heterocycles. The monoisotopic (exact) mass is 215 g/mol. The fraction of sp³-hybridized carbons (Fsp3) is 0.833. The van der Waals surface area contributed by atoms with Crippen LogP contribution in [-0.2, 0) is 15.6 Å². The van der Waals surface area contributed by atoms with Crippen LogP contribution >= 0.6 is 0 Å². The Balaban J connectivity index is 2.55. The maximum absolute atomic E-state index is 11.9. The van der Waals surface area contributed by atoms with Crippen molar-refractivity contribution in [2.24, 2.45) is 0 Å². The van der Waals surface area contributed by atoms with E-state index in [9.17, 15) is 22.2 Å². The Kier molecular flexibility index (Phi) is 2.94. The van der Waals surface area contributed by atoms with Crippen molar-refractivity contribution in [2.45, 2.75) is 6.18 Å². The summed E-state index contributed by atoms with van der Waals surface area (Å²) in [7, 11) is -1.07. The molecule has 13 heavy (non-hydrogen) atoms. The smallest absolute Gasteiger partial charge is 0.333 e. The standard InChI is InChI=1S/C6H8F3NO2S/c7-6(8,9)5(11)10-1-3-13(12)4-2-10/h1-4H2. The van der Waals surface area contributed by atoms with Gasteiger partial charge in [-0.2, -0.15) is 13.2 Å². The van der Waals surface area contributed by atoms with Crippen molar-refractivity contribution in [3.63, 3.8) is 0 Å². The number of alkyl halides is 3. The second-order valence-corrected chi connectivity index (χ2v) is 4.33. The molecule has 0 aliphatic carbocycles. The molecule has 1 rings (SSSR count). The first kappa shape index (κ1) is 10.5. The predicted molar refractivity (Wildman–Crippen MR) is 40.5 cm³/mol. The zero-order chi connectivity index (χ0) is 10.1. The summed E-state index contributed by atoms with van der Waals surface area (Å²) < 4.78 is 46.4. The Bertz CT molecular complexity index is 231. The lowest BCUT2D eigenvalue weighted by atomic mass is 10.4. The molecule has 0 N–H and O–H groups in total. The van der Waals surface area contributed by atoms with Gasteiger partial charge in [0.15, 0.2) is 0 Å². The minimum absolute atomic E-state index is 0.0645. The minimum Gasteiger partial charge on any atom is -0.333 e. The zero-order valence-corrected chi connectivity index (χ0v) is 7.45. The Morgan fingerprint density at radius 2 is 1.69 bits per heavy atom. The highest BCUT2D eigenvalue weighted by atomic mass is 32.2. The van der Waals surface area contributed by atoms with Gasteiger partial charge in [0.2, 0.25) is 0 Å². The summed E-state index contributed by atoms with van der Waals surface area (Å²) in [5.74, 6) is -1.55. The quantitative estimate of drug-likeness (QED) is 0.576. The van der Waals surface area contributed by atoms with E-state index in [1.165, 1.54) is 0 Å². The Morgan fingerprint density at radius 1 is 1.23 bits per heavy atom. The maximum atomic E-state index is 11.9. The van der Waals surface area contributed by atoms with Crippen molar-refractivity contribution >= 4 is 16.7 Å². The summed E-state index contributed by atoms with van der Waals surface area (Å²) in [4.78, 5) is 11.3. The van der Waals surface area contributed by atoms with Crippen molar-refractivity contribution in [1.29, 1.82) is 0 Å². The average Bonchev–Trinajstić information content (AvgIpc) is 2.03. The van der Waals surface area contributed by atoms with Crippen LogP contribution in [0.1, 0.15) is 0 Å². The molecule has 0 atom stereocenters. The average molecular weight is 215 g/mol. The van der Waals surface area contributed by atoms with E-state index in [4.69, 9.17) is 0 Å². The molecule has 1 saturated heterocycles. The fourth-order valence-electron chi connectivity index (χ4n) is 1.02. The first-order chi connectivity index (χ1) is 5.91. The second-order valence-electron chi connectivity index (χ2n) is 2.64. The van der Waals surface area contributed by atoms with E-state index in [-0.39, 0.29) is 24.6 Å². The van der Waals surface area contributed by atoms with E-state index >= 15 is 0 Å². The summed E-state index contributed by atoms with van der Waals surface area (Å²) in [6, 6.07) is 0. The number of halogens is 3. The van der Waals surface area contributed by atoms with Crippen molar-refractivity contribution in [3.8, 4) is 0 Å². The first-order valence-electron chi connectivity index (χ1n) is 3.62. The molecular weight excluding hydrogens is 207 g/mol. The number of hydrogen-bond donors (Lipinski definition) is 0. The van der Waals surface area contributed by atoms with Gasteiger partial charge >= 0.3 is 12.1 Å². The lowest BCUT2D eigenvalue weighted by Crippen LogP contribution is -2.47. The van der Waals surface area contributed by atoms with Crippen molar-refractivity contribution < 1.29 is 22.2 Å². The molecule has 0 unspecified atom stereocenters. The second kappa shape index (κ2) is 3.65. The molecule has 0 bridgehead atoms. The van der Waals surface area contributed by atoms with Gasteiger partial charge in [0.25, 0.3) is 0 Å². The van der Waals surface area contributed by atoms with Gasteiger partial charge in [-0.05, 0) is 0 Å². The molecule has 0 radical (unpaired) electrons. The molecule has 1 aliphatic rings. The van der Waals surface area contributed by atoms with Crippen molar-refractivity contribution in [2.75, 3.05) is 24.6 Å². The Hall–Kier alpha value is -0.590. The van der Waals surface area contributed by atoms with Gasteiger partial charge in [-0.3, -0.25) is 9.00 Å². The summed E-state index contributed by atoms with van der Waals surface area (Å²) in [6.07, 6.45) is -4.81. The lowest BCUT2D eigenvalue weighted by molar-refractivity contribution is -0.185. The van der Waals surface area contributed by atoms with Crippen molar-refractivity contribution in [1.82, 2.24) is 4.90 Å². The fourth-order valence-corrected chi connectivity index (χ4v) is 2.07. The van der Waals surface area contributed by atoms with Crippen LogP contribution in [0.5, 0.6) is 0 Å². The van der Waals surface area contributed by atoms with Crippen LogP contribution in [0.4, 0.5) is 13.2 Å². The van der Waals surface area contributed by atoms with Crippen LogP contribution in [0.25, 0.3) is 0 Å². The van der Waals surface area contributed by atoms with Gasteiger partial charge in [0.05, 0.1) is 0 Å². The number of hydrogen-bond acceptors (Lipinski definition) is 2. The third-order valence-electron chi connectivity index (χ3n) is 1.71. The highest BCUT2D eigenvalue weighted by Gasteiger charge is 2.42. The molecule has 76 valence electrons. The first-order valence-corrected chi connectivity index (χ1v) is 5.11. The molecule has 1 fully saturated rings. The number of nitrogens with zero attached hydrogens (tertiary/aromatic N) is 1. The SMILES string of the molecule is O=C(N1CCS(=O)CC1)C(F)(F)F. The van der Waals surface area contributed by atoms with Gasteiger partial charge in [0, 0.05) is 35.4 Å². The molecule has 1 amide bonds. The molecule has 0 aromatic heterocycles. The van der Waals surface area contributed by atoms with Crippen LogP contribution in [0.2, 0.25) is 0 Å². The normalized spacial score (nSPS) is 20.4. The van der Waals surface area contributed by atoms with E-state index in [2.05, 4.69) is 0 Å². The van der Waals surface area contributed by atoms with Crippen molar-refractivity contribution in [3.05, 3.63) is 0 Å². The third kappa shape index (κ3) is 2.68. The summed E-state index contributed by atoms with van der Waals surface area (Å²) in [6.45, 7) is -0.129. The third-order valence-corrected chi connectivity index (χ3v) is 2.98. The predicted octanol–water partition coefficient (Wildman–Crippen LogP) is 0.140. The van der Waals surface area contributed by atoms with Crippen LogP contribution in [0, 0.1) is 0 Å². The molecule has 3 nitrogen and oxygen atoms in total. The molecule has 7 heteroatoms. The van der Waals surface area contributed by atoms with Crippen LogP contribution in [0.3, 0.4) is 0 Å². The van der Waals surface area contributed by atoms with Gasteiger partial charge < -0.3 is 4.90 Å². The van der Waals surface area contributed by atoms with Crippen LogP contribution < -0.4 is 0 Å². The Morgan fingerprint density at radius 3 is 2.08 bits per heavy atom. The van der Waals surface area contributed by atoms with Gasteiger partial charge in [-0.1, -0.05) is 0 Å². The largest absolute Gasteiger partial charge is 0.471 e. The van der Waals surface area contributed by atoms with E-state index in [1.54, 1.807) is 0 Å². The zero-order valence-electron chi connectivity index (χ0n) is 6.63. The summed E-state index contributed by atoms with van der Waals surface area (Å²) in [5.41, 5.74) is 0. The lowest BCUT2D eigenvalue weighted by Gasteiger charge is -2.26. The molecule has 0 aromatic carbocycles. The number of carbonyl (C=O) groups excluding carboxylic acids is 1. The van der Waals surface area contributed by atoms with Gasteiger partial charge in [-0.25, -0.2) is 0 Å². The summed E-state index contributed by atoms with van der Waals surface area (Å²) >= 11 is 0. The summed E-state index contributed by atoms with van der Waals surface area (Å²) in [5, 5.41) is 0. The van der Waals surface area contributed by atoms with Gasteiger partial charge in [-0.15, -0.1) is 0 Å². The molecule has 0 spiro atoms. The van der Waals surface area contributed by atoms with E-state index < -0.39 is 22.9 Å². The van der Waals surface area contributed by atoms with E-state index in [0.717, 1.165) is 0 Å². The highest BCUT2D eigenvalue weighted by Crippen LogP contribution is 2.19. The van der Waals surface area contributed by atoms with Crippen LogP contribution in [-0.4, -0.2) is 45.8 Å². The minimum atomic E-state index is -4.81. The van der Waals surface area contributed by atoms with E-state index in [0.29, 0.717) is 4.90 Å². The Labute approximate surface area is 75.4 Å².